The van der Waals surface area contributed by atoms with Gasteiger partial charge < -0.3 is 74.4 Å². The number of benzene rings is 2. The van der Waals surface area contributed by atoms with Gasteiger partial charge >= 0.3 is 0 Å². The summed E-state index contributed by atoms with van der Waals surface area (Å²) in [6.07, 6.45) is -13.3. The Kier molecular flexibility index (Phi) is 12.1. The van der Waals surface area contributed by atoms with Crippen LogP contribution >= 0.6 is 0 Å². The second-order valence-corrected chi connectivity index (χ2v) is 11.9. The zero-order chi connectivity index (χ0) is 36.3. The zero-order valence-corrected chi connectivity index (χ0v) is 27.1. The molecule has 270 valence electrons. The number of phenolic OH excluding ortho intramolecular Hbond substituents is 2. The lowest BCUT2D eigenvalue weighted by molar-refractivity contribution is -0.268. The molecule has 0 bridgehead atoms. The standard InChI is InChI=1S/C33H42O16/c1-13(2)5-7-16-22(46-12-20(38)26(41)25(40)19(37)11-34)10-18(36)23-27(42)32(49-33-29(44)28(43)24(39)14(3)47-33)30(48-31(16)23)15-6-8-21(45-4)17(35)9-15/h5-6,8-10,14,19-20,24-26,28-29,33-41,43-44H,7,11-12H2,1-4H3/t14-,19-,20+,24-,25-,26-,28+,29+,33-/m1/s1. The lowest BCUT2D eigenvalue weighted by atomic mass is 10.00. The quantitative estimate of drug-likeness (QED) is 0.100. The molecule has 1 fully saturated rings. The SMILES string of the molecule is COc1ccc(-c2oc3c(CC=C(C)C)c(OC[C@H](O)[C@@H](O)[C@H](O)[C@H](O)CO)cc(O)c3c(=O)c2O[C@H]2O[C@H](C)[C@@H](O)[C@H](O)[C@@H]2O)cc1O. The normalized spacial score (nSPS) is 23.4. The molecular weight excluding hydrogens is 652 g/mol. The van der Waals surface area contributed by atoms with E-state index in [4.69, 9.17) is 28.5 Å². The number of hydrogen-bond acceptors (Lipinski definition) is 16. The number of aliphatic hydroxyl groups excluding tert-OH is 8. The first-order valence-electron chi connectivity index (χ1n) is 15.3. The van der Waals surface area contributed by atoms with Crippen molar-refractivity contribution in [3.63, 3.8) is 0 Å². The van der Waals surface area contributed by atoms with Crippen LogP contribution in [0.1, 0.15) is 26.3 Å². The van der Waals surface area contributed by atoms with E-state index in [0.717, 1.165) is 11.6 Å². The van der Waals surface area contributed by atoms with Crippen molar-refractivity contribution in [2.24, 2.45) is 0 Å². The molecule has 1 aromatic heterocycles. The Morgan fingerprint density at radius 3 is 2.22 bits per heavy atom. The number of allylic oxidation sites excluding steroid dienone is 2. The van der Waals surface area contributed by atoms with E-state index in [1.807, 2.05) is 0 Å². The van der Waals surface area contributed by atoms with Gasteiger partial charge in [0.05, 0.1) is 19.8 Å². The van der Waals surface area contributed by atoms with Crippen LogP contribution in [0.3, 0.4) is 0 Å². The van der Waals surface area contributed by atoms with Crippen LogP contribution in [-0.2, 0) is 11.2 Å². The molecule has 1 aliphatic heterocycles. The first-order chi connectivity index (χ1) is 23.1. The number of aliphatic hydroxyl groups is 8. The van der Waals surface area contributed by atoms with Crippen molar-refractivity contribution in [3.05, 3.63) is 51.7 Å². The van der Waals surface area contributed by atoms with Crippen LogP contribution in [-0.4, -0.2) is 127 Å². The van der Waals surface area contributed by atoms with Crippen molar-refractivity contribution in [2.45, 2.75) is 82.3 Å². The first kappa shape index (κ1) is 37.8. The molecule has 0 unspecified atom stereocenters. The van der Waals surface area contributed by atoms with Crippen molar-refractivity contribution in [1.82, 2.24) is 0 Å². The minimum atomic E-state index is -1.94. The summed E-state index contributed by atoms with van der Waals surface area (Å²) in [5.74, 6) is -1.95. The largest absolute Gasteiger partial charge is 0.507 e. The summed E-state index contributed by atoms with van der Waals surface area (Å²) >= 11 is 0. The Balaban J connectivity index is 1.92. The monoisotopic (exact) mass is 694 g/mol. The number of fused-ring (bicyclic) bond motifs is 1. The van der Waals surface area contributed by atoms with Gasteiger partial charge in [0.15, 0.2) is 17.3 Å². The Labute approximate surface area is 279 Å². The van der Waals surface area contributed by atoms with Gasteiger partial charge in [-0.05, 0) is 45.4 Å². The van der Waals surface area contributed by atoms with Crippen LogP contribution in [0.15, 0.2) is 45.1 Å². The minimum absolute atomic E-state index is 0.0431. The maximum Gasteiger partial charge on any atom is 0.239 e. The molecule has 0 radical (unpaired) electrons. The van der Waals surface area contributed by atoms with Gasteiger partial charge in [0.1, 0.15) is 71.8 Å². The van der Waals surface area contributed by atoms with Crippen LogP contribution in [0.5, 0.6) is 28.7 Å². The van der Waals surface area contributed by atoms with Crippen LogP contribution in [0, 0.1) is 0 Å². The number of phenols is 2. The zero-order valence-electron chi connectivity index (χ0n) is 27.1. The van der Waals surface area contributed by atoms with Crippen LogP contribution in [0.2, 0.25) is 0 Å². The summed E-state index contributed by atoms with van der Waals surface area (Å²) in [6, 6.07) is 5.06. The smallest absolute Gasteiger partial charge is 0.239 e. The molecule has 0 saturated carbocycles. The van der Waals surface area contributed by atoms with Gasteiger partial charge in [-0.1, -0.05) is 11.6 Å². The van der Waals surface area contributed by atoms with E-state index in [1.165, 1.54) is 32.2 Å². The van der Waals surface area contributed by atoms with Crippen LogP contribution < -0.4 is 19.6 Å². The average molecular weight is 695 g/mol. The minimum Gasteiger partial charge on any atom is -0.507 e. The summed E-state index contributed by atoms with van der Waals surface area (Å²) in [5, 5.41) is 102. The lowest BCUT2D eigenvalue weighted by Gasteiger charge is -2.38. The molecule has 16 heteroatoms. The fraction of sp³-hybridized carbons (Fsp3) is 0.485. The van der Waals surface area contributed by atoms with Gasteiger partial charge in [0.25, 0.3) is 0 Å². The molecule has 0 aliphatic carbocycles. The molecule has 9 atom stereocenters. The third-order valence-electron chi connectivity index (χ3n) is 8.10. The Morgan fingerprint density at radius 2 is 1.61 bits per heavy atom. The molecule has 0 spiro atoms. The summed E-state index contributed by atoms with van der Waals surface area (Å²) in [6.45, 7) is 3.44. The summed E-state index contributed by atoms with van der Waals surface area (Å²) < 4.78 is 28.5. The molecule has 2 heterocycles. The third kappa shape index (κ3) is 7.93. The van der Waals surface area contributed by atoms with Crippen molar-refractivity contribution in [2.75, 3.05) is 20.3 Å². The lowest BCUT2D eigenvalue weighted by Crippen LogP contribution is -2.58. The van der Waals surface area contributed by atoms with Crippen molar-refractivity contribution < 1.29 is 74.4 Å². The van der Waals surface area contributed by atoms with Gasteiger partial charge in [0, 0.05) is 17.2 Å². The average Bonchev–Trinajstić information content (AvgIpc) is 3.07. The molecule has 16 nitrogen and oxygen atoms in total. The molecular formula is C33H42O16. The van der Waals surface area contributed by atoms with Crippen molar-refractivity contribution in [3.8, 4) is 40.1 Å². The summed E-state index contributed by atoms with van der Waals surface area (Å²) in [4.78, 5) is 14.2. The molecule has 1 aliphatic rings. The van der Waals surface area contributed by atoms with Crippen molar-refractivity contribution in [1.29, 1.82) is 0 Å². The molecule has 10 N–H and O–H groups in total. The van der Waals surface area contributed by atoms with Crippen molar-refractivity contribution >= 4 is 11.0 Å². The highest BCUT2D eigenvalue weighted by Crippen LogP contribution is 2.42. The molecule has 49 heavy (non-hydrogen) atoms. The Bertz CT molecular complexity index is 1700. The third-order valence-corrected chi connectivity index (χ3v) is 8.10. The summed E-state index contributed by atoms with van der Waals surface area (Å²) in [7, 11) is 1.33. The second-order valence-electron chi connectivity index (χ2n) is 11.9. The number of ether oxygens (including phenoxy) is 4. The van der Waals surface area contributed by atoms with E-state index in [1.54, 1.807) is 19.9 Å². The Morgan fingerprint density at radius 1 is 0.939 bits per heavy atom. The highest BCUT2D eigenvalue weighted by Gasteiger charge is 2.44. The van der Waals surface area contributed by atoms with E-state index in [9.17, 15) is 50.8 Å². The van der Waals surface area contributed by atoms with E-state index in [-0.39, 0.29) is 46.1 Å². The first-order valence-corrected chi connectivity index (χ1v) is 15.3. The topological polar surface area (TPSA) is 269 Å². The van der Waals surface area contributed by atoms with Gasteiger partial charge in [-0.3, -0.25) is 4.79 Å². The highest BCUT2D eigenvalue weighted by atomic mass is 16.7. The molecule has 4 rings (SSSR count). The fourth-order valence-electron chi connectivity index (χ4n) is 5.18. The molecule has 0 amide bonds. The molecule has 2 aromatic carbocycles. The molecule has 1 saturated heterocycles. The van der Waals surface area contributed by atoms with Gasteiger partial charge in [-0.15, -0.1) is 0 Å². The predicted octanol–water partition coefficient (Wildman–Crippen LogP) is -0.591. The van der Waals surface area contributed by atoms with E-state index in [0.29, 0.717) is 0 Å². The van der Waals surface area contributed by atoms with Crippen LogP contribution in [0.25, 0.3) is 22.3 Å². The predicted molar refractivity (Wildman–Crippen MR) is 171 cm³/mol. The van der Waals surface area contributed by atoms with Gasteiger partial charge in [-0.2, -0.15) is 0 Å². The van der Waals surface area contributed by atoms with Gasteiger partial charge in [-0.25, -0.2) is 0 Å². The number of aromatic hydroxyl groups is 2. The van der Waals surface area contributed by atoms with Crippen LogP contribution in [0.4, 0.5) is 0 Å². The fourth-order valence-corrected chi connectivity index (χ4v) is 5.18. The molecule has 3 aromatic rings. The maximum absolute atomic E-state index is 14.2. The number of methoxy groups -OCH3 is 1. The number of rotatable bonds is 13. The maximum atomic E-state index is 14.2. The number of hydrogen-bond donors (Lipinski definition) is 10. The second kappa shape index (κ2) is 15.7. The summed E-state index contributed by atoms with van der Waals surface area (Å²) in [5.41, 5.74) is -0.0928. The van der Waals surface area contributed by atoms with E-state index < -0.39 is 90.6 Å². The highest BCUT2D eigenvalue weighted by molar-refractivity contribution is 5.91. The Hall–Kier alpha value is -3.97. The van der Waals surface area contributed by atoms with E-state index >= 15 is 0 Å². The van der Waals surface area contributed by atoms with Gasteiger partial charge in [0.2, 0.25) is 17.5 Å². The van der Waals surface area contributed by atoms with E-state index in [2.05, 4.69) is 0 Å².